The highest BCUT2D eigenvalue weighted by Gasteiger charge is 2.16. The van der Waals surface area contributed by atoms with Gasteiger partial charge in [0.2, 0.25) is 0 Å². The molecule has 0 heterocycles. The summed E-state index contributed by atoms with van der Waals surface area (Å²) in [5, 5.41) is 0. The van der Waals surface area contributed by atoms with Gasteiger partial charge in [-0.15, -0.1) is 0 Å². The lowest BCUT2D eigenvalue weighted by atomic mass is 10.1. The summed E-state index contributed by atoms with van der Waals surface area (Å²) in [6, 6.07) is 0. The second-order valence-electron chi connectivity index (χ2n) is 7.52. The molecule has 6 heteroatoms. The molecule has 1 unspecified atom stereocenters. The van der Waals surface area contributed by atoms with Crippen LogP contribution in [-0.4, -0.2) is 37.2 Å². The van der Waals surface area contributed by atoms with Crippen LogP contribution in [0.2, 0.25) is 0 Å². The van der Waals surface area contributed by atoms with Crippen molar-refractivity contribution in [2.24, 2.45) is 0 Å². The first kappa shape index (κ1) is 30.1. The highest BCUT2D eigenvalue weighted by Crippen LogP contribution is 2.08. The Bertz CT molecular complexity index is 685. The molecule has 0 spiro atoms. The van der Waals surface area contributed by atoms with Crippen molar-refractivity contribution in [1.29, 1.82) is 0 Å². The minimum Gasteiger partial charge on any atom is -0.462 e. The number of hydrogen-bond acceptors (Lipinski definition) is 6. The predicted molar refractivity (Wildman–Crippen MR) is 131 cm³/mol. The van der Waals surface area contributed by atoms with E-state index < -0.39 is 24.0 Å². The third kappa shape index (κ3) is 23.6. The highest BCUT2D eigenvalue weighted by atomic mass is 16.6. The molecule has 0 saturated heterocycles. The minimum absolute atomic E-state index is 0.168. The number of carbonyl (C=O) groups excluding carboxylic acids is 3. The Morgan fingerprint density at radius 1 is 0.667 bits per heavy atom. The lowest BCUT2D eigenvalue weighted by Crippen LogP contribution is -2.29. The van der Waals surface area contributed by atoms with Gasteiger partial charge in [-0.25, -0.2) is 4.79 Å². The van der Waals surface area contributed by atoms with Crippen molar-refractivity contribution in [3.63, 3.8) is 0 Å². The van der Waals surface area contributed by atoms with E-state index in [0.29, 0.717) is 0 Å². The zero-order valence-electron chi connectivity index (χ0n) is 20.4. The maximum atomic E-state index is 11.7. The van der Waals surface area contributed by atoms with Crippen LogP contribution in [0.25, 0.3) is 0 Å². The fraction of sp³-hybridized carbons (Fsp3) is 0.519. The molecule has 33 heavy (non-hydrogen) atoms. The first-order valence-corrected chi connectivity index (χ1v) is 11.8. The molecule has 0 amide bonds. The Morgan fingerprint density at radius 3 is 1.82 bits per heavy atom. The van der Waals surface area contributed by atoms with Crippen LogP contribution in [0.5, 0.6) is 0 Å². The van der Waals surface area contributed by atoms with E-state index in [1.807, 2.05) is 24.3 Å². The summed E-state index contributed by atoms with van der Waals surface area (Å²) in [6.07, 6.45) is 27.8. The van der Waals surface area contributed by atoms with Crippen LogP contribution >= 0.6 is 0 Å². The molecule has 0 rings (SSSR count). The van der Waals surface area contributed by atoms with Crippen LogP contribution in [0.15, 0.2) is 60.8 Å². The maximum Gasteiger partial charge on any atom is 0.330 e. The van der Waals surface area contributed by atoms with E-state index in [1.165, 1.54) is 64.9 Å². The van der Waals surface area contributed by atoms with Crippen molar-refractivity contribution in [2.45, 2.75) is 78.2 Å². The molecule has 0 aromatic rings. The molecular weight excluding hydrogens is 420 g/mol. The molecule has 184 valence electrons. The Kier molecular flexibility index (Phi) is 20.4. The lowest BCUT2D eigenvalue weighted by Gasteiger charge is -2.16. The Hall–Kier alpha value is -2.89. The summed E-state index contributed by atoms with van der Waals surface area (Å²) < 4.78 is 14.7. The molecule has 0 bridgehead atoms. The molecule has 0 saturated carbocycles. The van der Waals surface area contributed by atoms with Gasteiger partial charge in [0.25, 0.3) is 0 Å². The summed E-state index contributed by atoms with van der Waals surface area (Å²) in [7, 11) is 0. The van der Waals surface area contributed by atoms with E-state index in [2.05, 4.69) is 19.1 Å². The lowest BCUT2D eigenvalue weighted by molar-refractivity contribution is -0.163. The molecule has 0 aromatic carbocycles. The van der Waals surface area contributed by atoms with E-state index in [1.54, 1.807) is 18.2 Å². The molecular formula is C27H40O6. The standard InChI is InChI=1S/C27H40O6/c1-4-5-6-7-8-9-10-11-12-13-14-15-16-17-18-19-20-21-27(30)32-23-26(33-25(3)29)22-31-24(2)28/h12-21,26H,4-11,22-23H2,1-3H3. The van der Waals surface area contributed by atoms with Gasteiger partial charge in [-0.05, 0) is 12.8 Å². The number of unbranched alkanes of at least 4 members (excludes halogenated alkanes) is 7. The van der Waals surface area contributed by atoms with Gasteiger partial charge in [-0.3, -0.25) is 9.59 Å². The van der Waals surface area contributed by atoms with Gasteiger partial charge in [0.05, 0.1) is 0 Å². The van der Waals surface area contributed by atoms with E-state index in [0.717, 1.165) is 6.42 Å². The topological polar surface area (TPSA) is 78.9 Å². The number of carbonyl (C=O) groups is 3. The van der Waals surface area contributed by atoms with Gasteiger partial charge in [-0.1, -0.05) is 100 Å². The van der Waals surface area contributed by atoms with Gasteiger partial charge >= 0.3 is 17.9 Å². The van der Waals surface area contributed by atoms with Gasteiger partial charge in [0.1, 0.15) is 13.2 Å². The molecule has 0 aliphatic rings. The van der Waals surface area contributed by atoms with Crippen LogP contribution in [0, 0.1) is 0 Å². The van der Waals surface area contributed by atoms with E-state index in [9.17, 15) is 14.4 Å². The van der Waals surface area contributed by atoms with Crippen molar-refractivity contribution in [3.8, 4) is 0 Å². The van der Waals surface area contributed by atoms with Crippen molar-refractivity contribution >= 4 is 17.9 Å². The second-order valence-corrected chi connectivity index (χ2v) is 7.52. The molecule has 0 aliphatic heterocycles. The third-order valence-electron chi connectivity index (χ3n) is 4.34. The Balaban J connectivity index is 3.98. The van der Waals surface area contributed by atoms with Crippen molar-refractivity contribution in [3.05, 3.63) is 60.8 Å². The number of esters is 3. The van der Waals surface area contributed by atoms with Gasteiger partial charge < -0.3 is 14.2 Å². The summed E-state index contributed by atoms with van der Waals surface area (Å²) in [6.45, 7) is 4.34. The summed E-state index contributed by atoms with van der Waals surface area (Å²) in [4.78, 5) is 33.6. The SMILES string of the molecule is CCCCCCCCCC=CC=CC=CC=CC=CC(=O)OCC(COC(C)=O)OC(C)=O. The fourth-order valence-electron chi connectivity index (χ4n) is 2.70. The number of hydrogen-bond donors (Lipinski definition) is 0. The smallest absolute Gasteiger partial charge is 0.330 e. The largest absolute Gasteiger partial charge is 0.462 e. The zero-order chi connectivity index (χ0) is 24.6. The average Bonchev–Trinajstić information content (AvgIpc) is 2.77. The maximum absolute atomic E-state index is 11.7. The summed E-state index contributed by atoms with van der Waals surface area (Å²) in [5.74, 6) is -1.65. The number of ether oxygens (including phenoxy) is 3. The van der Waals surface area contributed by atoms with Crippen molar-refractivity contribution < 1.29 is 28.6 Å². The average molecular weight is 461 g/mol. The van der Waals surface area contributed by atoms with Gasteiger partial charge in [0, 0.05) is 19.9 Å². The molecule has 1 atom stereocenters. The van der Waals surface area contributed by atoms with Crippen LogP contribution in [0.1, 0.15) is 72.1 Å². The predicted octanol–water partition coefficient (Wildman–Crippen LogP) is 5.95. The van der Waals surface area contributed by atoms with E-state index in [-0.39, 0.29) is 13.2 Å². The molecule has 6 nitrogen and oxygen atoms in total. The van der Waals surface area contributed by atoms with Gasteiger partial charge in [-0.2, -0.15) is 0 Å². The second kappa shape index (κ2) is 22.3. The number of rotatable bonds is 18. The monoisotopic (exact) mass is 460 g/mol. The Labute approximate surface area is 199 Å². The van der Waals surface area contributed by atoms with Crippen LogP contribution in [-0.2, 0) is 28.6 Å². The van der Waals surface area contributed by atoms with E-state index >= 15 is 0 Å². The summed E-state index contributed by atoms with van der Waals surface area (Å²) in [5.41, 5.74) is 0. The zero-order valence-corrected chi connectivity index (χ0v) is 20.4. The molecule has 0 N–H and O–H groups in total. The molecule has 0 aromatic heterocycles. The minimum atomic E-state index is -0.835. The van der Waals surface area contributed by atoms with Crippen LogP contribution in [0.4, 0.5) is 0 Å². The first-order valence-electron chi connectivity index (χ1n) is 11.8. The highest BCUT2D eigenvalue weighted by molar-refractivity contribution is 5.82. The summed E-state index contributed by atoms with van der Waals surface area (Å²) >= 11 is 0. The van der Waals surface area contributed by atoms with E-state index in [4.69, 9.17) is 14.2 Å². The molecule has 0 fully saturated rings. The quantitative estimate of drug-likeness (QED) is 0.0827. The van der Waals surface area contributed by atoms with Crippen molar-refractivity contribution in [1.82, 2.24) is 0 Å². The Morgan fingerprint density at radius 2 is 1.21 bits per heavy atom. The van der Waals surface area contributed by atoms with Gasteiger partial charge in [0.15, 0.2) is 6.10 Å². The van der Waals surface area contributed by atoms with Crippen LogP contribution in [0.3, 0.4) is 0 Å². The first-order chi connectivity index (χ1) is 16.0. The fourth-order valence-corrected chi connectivity index (χ4v) is 2.70. The molecule has 0 radical (unpaired) electrons. The van der Waals surface area contributed by atoms with Crippen molar-refractivity contribution in [2.75, 3.05) is 13.2 Å². The third-order valence-corrected chi connectivity index (χ3v) is 4.34. The normalized spacial score (nSPS) is 12.9. The number of allylic oxidation sites excluding steroid dienone is 9. The van der Waals surface area contributed by atoms with Crippen LogP contribution < -0.4 is 0 Å². The molecule has 0 aliphatic carbocycles.